The average molecular weight is 387 g/mol. The SMILES string of the molecule is CN=C(NCCOc1ccccc1Cl)NCC1CC(=O)Nc2ccccc21. The number of ether oxygens (including phenoxy) is 1. The van der Waals surface area contributed by atoms with Gasteiger partial charge in [0.2, 0.25) is 5.91 Å². The first-order valence-corrected chi connectivity index (χ1v) is 9.26. The van der Waals surface area contributed by atoms with Gasteiger partial charge in [-0.05, 0) is 23.8 Å². The third kappa shape index (κ3) is 5.14. The number of amides is 1. The number of nitrogens with one attached hydrogen (secondary N) is 3. The lowest BCUT2D eigenvalue weighted by molar-refractivity contribution is -0.116. The minimum Gasteiger partial charge on any atom is -0.490 e. The number of aliphatic imine (C=N–C) groups is 1. The van der Waals surface area contributed by atoms with Crippen LogP contribution >= 0.6 is 11.6 Å². The number of hydrogen-bond donors (Lipinski definition) is 3. The number of benzene rings is 2. The molecule has 1 amide bonds. The van der Waals surface area contributed by atoms with Gasteiger partial charge in [0.15, 0.2) is 5.96 Å². The smallest absolute Gasteiger partial charge is 0.225 e. The van der Waals surface area contributed by atoms with Gasteiger partial charge in [-0.1, -0.05) is 41.9 Å². The lowest BCUT2D eigenvalue weighted by Crippen LogP contribution is -2.42. The normalized spacial score (nSPS) is 16.3. The lowest BCUT2D eigenvalue weighted by Gasteiger charge is -2.26. The topological polar surface area (TPSA) is 74.8 Å². The van der Waals surface area contributed by atoms with Crippen LogP contribution in [0.3, 0.4) is 0 Å². The van der Waals surface area contributed by atoms with Gasteiger partial charge in [-0.25, -0.2) is 0 Å². The Bertz CT molecular complexity index is 825. The molecule has 0 radical (unpaired) electrons. The van der Waals surface area contributed by atoms with Gasteiger partial charge in [-0.15, -0.1) is 0 Å². The van der Waals surface area contributed by atoms with E-state index in [4.69, 9.17) is 16.3 Å². The fourth-order valence-corrected chi connectivity index (χ4v) is 3.21. The molecule has 1 atom stereocenters. The zero-order valence-electron chi connectivity index (χ0n) is 15.2. The van der Waals surface area contributed by atoms with E-state index in [9.17, 15) is 4.79 Å². The molecule has 1 heterocycles. The zero-order chi connectivity index (χ0) is 19.1. The molecule has 2 aromatic carbocycles. The second kappa shape index (κ2) is 9.28. The number of rotatable bonds is 6. The van der Waals surface area contributed by atoms with Crippen LogP contribution in [0.5, 0.6) is 5.75 Å². The van der Waals surface area contributed by atoms with Gasteiger partial charge < -0.3 is 20.7 Å². The monoisotopic (exact) mass is 386 g/mol. The Morgan fingerprint density at radius 2 is 2.00 bits per heavy atom. The summed E-state index contributed by atoms with van der Waals surface area (Å²) >= 11 is 6.07. The Hall–Kier alpha value is -2.73. The van der Waals surface area contributed by atoms with Crippen molar-refractivity contribution in [2.24, 2.45) is 4.99 Å². The van der Waals surface area contributed by atoms with Gasteiger partial charge >= 0.3 is 0 Å². The van der Waals surface area contributed by atoms with Crippen molar-refractivity contribution < 1.29 is 9.53 Å². The summed E-state index contributed by atoms with van der Waals surface area (Å²) < 4.78 is 5.66. The molecule has 0 saturated heterocycles. The summed E-state index contributed by atoms with van der Waals surface area (Å²) in [6.07, 6.45) is 0.455. The highest BCUT2D eigenvalue weighted by Crippen LogP contribution is 2.31. The summed E-state index contributed by atoms with van der Waals surface area (Å²) in [7, 11) is 1.71. The molecule has 0 spiro atoms. The van der Waals surface area contributed by atoms with Gasteiger partial charge in [0.05, 0.1) is 11.6 Å². The molecule has 3 rings (SSSR count). The van der Waals surface area contributed by atoms with Crippen LogP contribution in [0.2, 0.25) is 5.02 Å². The van der Waals surface area contributed by atoms with E-state index in [0.29, 0.717) is 42.8 Å². The Morgan fingerprint density at radius 3 is 2.81 bits per heavy atom. The fraction of sp³-hybridized carbons (Fsp3) is 0.300. The Kier molecular flexibility index (Phi) is 6.54. The third-order valence-electron chi connectivity index (χ3n) is 4.33. The highest BCUT2D eigenvalue weighted by atomic mass is 35.5. The molecule has 7 heteroatoms. The molecule has 0 saturated carbocycles. The Balaban J connectivity index is 1.47. The summed E-state index contributed by atoms with van der Waals surface area (Å²) in [6, 6.07) is 15.3. The van der Waals surface area contributed by atoms with Crippen molar-refractivity contribution in [3.8, 4) is 5.75 Å². The predicted molar refractivity (Wildman–Crippen MR) is 109 cm³/mol. The first-order valence-electron chi connectivity index (χ1n) is 8.88. The zero-order valence-corrected chi connectivity index (χ0v) is 15.9. The molecule has 1 unspecified atom stereocenters. The van der Waals surface area contributed by atoms with Crippen molar-refractivity contribution in [1.29, 1.82) is 0 Å². The van der Waals surface area contributed by atoms with Gasteiger partial charge in [0, 0.05) is 31.6 Å². The van der Waals surface area contributed by atoms with Gasteiger partial charge in [0.25, 0.3) is 0 Å². The van der Waals surface area contributed by atoms with Crippen LogP contribution < -0.4 is 20.7 Å². The summed E-state index contributed by atoms with van der Waals surface area (Å²) in [5, 5.41) is 10.00. The van der Waals surface area contributed by atoms with Crippen LogP contribution in [0.15, 0.2) is 53.5 Å². The van der Waals surface area contributed by atoms with Crippen LogP contribution in [0.25, 0.3) is 0 Å². The lowest BCUT2D eigenvalue weighted by atomic mass is 9.90. The van der Waals surface area contributed by atoms with Gasteiger partial charge in [-0.3, -0.25) is 9.79 Å². The molecule has 6 nitrogen and oxygen atoms in total. The first kappa shape index (κ1) is 19.0. The van der Waals surface area contributed by atoms with Crippen LogP contribution in [0.4, 0.5) is 5.69 Å². The number of fused-ring (bicyclic) bond motifs is 1. The van der Waals surface area contributed by atoms with Crippen molar-refractivity contribution in [1.82, 2.24) is 10.6 Å². The van der Waals surface area contributed by atoms with E-state index in [0.717, 1.165) is 11.3 Å². The second-order valence-corrected chi connectivity index (χ2v) is 6.60. The first-order chi connectivity index (χ1) is 13.2. The largest absolute Gasteiger partial charge is 0.490 e. The Morgan fingerprint density at radius 1 is 1.22 bits per heavy atom. The molecule has 0 bridgehead atoms. The molecule has 2 aromatic rings. The van der Waals surface area contributed by atoms with E-state index in [1.54, 1.807) is 13.1 Å². The number of para-hydroxylation sites is 2. The number of hydrogen-bond acceptors (Lipinski definition) is 3. The molecular weight excluding hydrogens is 364 g/mol. The van der Waals surface area contributed by atoms with Gasteiger partial charge in [0.1, 0.15) is 12.4 Å². The highest BCUT2D eigenvalue weighted by Gasteiger charge is 2.24. The predicted octanol–water partition coefficient (Wildman–Crippen LogP) is 3.01. The minimum atomic E-state index is 0.0385. The van der Waals surface area contributed by atoms with Crippen molar-refractivity contribution in [3.05, 3.63) is 59.1 Å². The maximum Gasteiger partial charge on any atom is 0.225 e. The number of halogens is 1. The van der Waals surface area contributed by atoms with Crippen molar-refractivity contribution in [2.45, 2.75) is 12.3 Å². The molecule has 0 aliphatic carbocycles. The quantitative estimate of drug-likeness (QED) is 0.405. The third-order valence-corrected chi connectivity index (χ3v) is 4.65. The van der Waals surface area contributed by atoms with Crippen molar-refractivity contribution >= 4 is 29.2 Å². The summed E-state index contributed by atoms with van der Waals surface area (Å²) in [4.78, 5) is 16.1. The van der Waals surface area contributed by atoms with E-state index in [2.05, 4.69) is 27.0 Å². The number of nitrogens with zero attached hydrogens (tertiary/aromatic N) is 1. The van der Waals surface area contributed by atoms with Crippen LogP contribution in [0.1, 0.15) is 17.9 Å². The molecular formula is C20H23ClN4O2. The van der Waals surface area contributed by atoms with E-state index < -0.39 is 0 Å². The number of carbonyl (C=O) groups excluding carboxylic acids is 1. The second-order valence-electron chi connectivity index (χ2n) is 6.20. The molecule has 142 valence electrons. The molecule has 0 aromatic heterocycles. The Labute approximate surface area is 164 Å². The molecule has 0 fully saturated rings. The van der Waals surface area contributed by atoms with E-state index in [1.165, 1.54) is 0 Å². The van der Waals surface area contributed by atoms with Crippen LogP contribution in [-0.2, 0) is 4.79 Å². The van der Waals surface area contributed by atoms with E-state index in [-0.39, 0.29) is 11.8 Å². The summed E-state index contributed by atoms with van der Waals surface area (Å²) in [6.45, 7) is 1.65. The summed E-state index contributed by atoms with van der Waals surface area (Å²) in [5.74, 6) is 1.47. The molecule has 1 aliphatic rings. The highest BCUT2D eigenvalue weighted by molar-refractivity contribution is 6.32. The van der Waals surface area contributed by atoms with Crippen LogP contribution in [-0.4, -0.2) is 38.6 Å². The van der Waals surface area contributed by atoms with Crippen molar-refractivity contribution in [2.75, 3.05) is 32.1 Å². The summed E-state index contributed by atoms with van der Waals surface area (Å²) in [5.41, 5.74) is 2.03. The molecule has 1 aliphatic heterocycles. The molecule has 27 heavy (non-hydrogen) atoms. The maximum atomic E-state index is 11.9. The standard InChI is InChI=1S/C20H23ClN4O2/c1-22-20(23-10-11-27-18-9-5-3-7-16(18)21)24-13-14-12-19(26)25-17-8-4-2-6-15(14)17/h2-9,14H,10-13H2,1H3,(H,25,26)(H2,22,23,24). The minimum absolute atomic E-state index is 0.0385. The number of guanidine groups is 1. The van der Waals surface area contributed by atoms with E-state index in [1.807, 2.05) is 36.4 Å². The number of anilines is 1. The van der Waals surface area contributed by atoms with Gasteiger partial charge in [-0.2, -0.15) is 0 Å². The average Bonchev–Trinajstić information content (AvgIpc) is 2.68. The molecule has 3 N–H and O–H groups in total. The van der Waals surface area contributed by atoms with E-state index >= 15 is 0 Å². The van der Waals surface area contributed by atoms with Crippen LogP contribution in [0, 0.1) is 0 Å². The fourth-order valence-electron chi connectivity index (χ4n) is 3.02. The van der Waals surface area contributed by atoms with Crippen molar-refractivity contribution in [3.63, 3.8) is 0 Å². The maximum absolute atomic E-state index is 11.9. The number of carbonyl (C=O) groups is 1.